The topological polar surface area (TPSA) is 77.0 Å². The van der Waals surface area contributed by atoms with Crippen LogP contribution >= 0.6 is 23.1 Å². The van der Waals surface area contributed by atoms with Crippen molar-refractivity contribution in [3.05, 3.63) is 80.6 Å². The van der Waals surface area contributed by atoms with E-state index < -0.39 is 0 Å². The maximum Gasteiger partial charge on any atom is 0.267 e. The fraction of sp³-hybridized carbons (Fsp3) is 0.250. The maximum absolute atomic E-state index is 13.8. The number of hydrogen-bond donors (Lipinski definition) is 1. The lowest BCUT2D eigenvalue weighted by Gasteiger charge is -2.13. The molecule has 0 amide bonds. The summed E-state index contributed by atoms with van der Waals surface area (Å²) in [6.45, 7) is 6.16. The van der Waals surface area contributed by atoms with Gasteiger partial charge in [0.2, 0.25) is 0 Å². The summed E-state index contributed by atoms with van der Waals surface area (Å²) in [6, 6.07) is 13.4. The average Bonchev–Trinajstić information content (AvgIpc) is 3.48. The highest BCUT2D eigenvalue weighted by Crippen LogP contribution is 2.32. The van der Waals surface area contributed by atoms with Gasteiger partial charge in [0.1, 0.15) is 10.6 Å². The Bertz CT molecular complexity index is 1660. The lowest BCUT2D eigenvalue weighted by Crippen LogP contribution is -2.22. The third kappa shape index (κ3) is 4.14. The van der Waals surface area contributed by atoms with Gasteiger partial charge in [-0.25, -0.2) is 4.98 Å². The average molecular weight is 518 g/mol. The van der Waals surface area contributed by atoms with Gasteiger partial charge in [-0.3, -0.25) is 14.2 Å². The lowest BCUT2D eigenvalue weighted by molar-refractivity contribution is 0.102. The highest BCUT2D eigenvalue weighted by molar-refractivity contribution is 7.99. The van der Waals surface area contributed by atoms with E-state index in [4.69, 9.17) is 9.72 Å². The molecule has 2 aromatic carbocycles. The largest absolute Gasteiger partial charge is 0.497 e. The normalized spacial score (nSPS) is 11.4. The van der Waals surface area contributed by atoms with Crippen LogP contribution in [0.3, 0.4) is 0 Å². The summed E-state index contributed by atoms with van der Waals surface area (Å²) in [6.07, 6.45) is 3.51. The SMILES string of the molecule is CCc1sc2nc(SCC(=O)c3c[nH]c4c(CC)cccc34)n(-c3cccc(OC)c3)c(=O)c2c1C. The van der Waals surface area contributed by atoms with Crippen molar-refractivity contribution in [1.29, 1.82) is 0 Å². The Balaban J connectivity index is 1.58. The molecule has 0 unspecified atom stereocenters. The number of aryl methyl sites for hydroxylation is 3. The van der Waals surface area contributed by atoms with Crippen LogP contribution in [0.5, 0.6) is 5.75 Å². The zero-order valence-corrected chi connectivity index (χ0v) is 22.3. The van der Waals surface area contributed by atoms with Gasteiger partial charge in [0.05, 0.1) is 23.9 Å². The fourth-order valence-corrected chi connectivity index (χ4v) is 6.63. The van der Waals surface area contributed by atoms with Gasteiger partial charge in [-0.2, -0.15) is 0 Å². The number of nitrogens with one attached hydrogen (secondary N) is 1. The van der Waals surface area contributed by atoms with Crippen LogP contribution in [0.2, 0.25) is 0 Å². The number of carbonyl (C=O) groups is 1. The molecular formula is C28H27N3O3S2. The number of aromatic nitrogens is 3. The Kier molecular flexibility index (Phi) is 6.73. The number of carbonyl (C=O) groups excluding carboxylic acids is 1. The predicted octanol–water partition coefficient (Wildman–Crippen LogP) is 6.35. The molecule has 5 aromatic rings. The summed E-state index contributed by atoms with van der Waals surface area (Å²) in [5, 5.41) is 2.06. The molecular weight excluding hydrogens is 490 g/mol. The second-order valence-corrected chi connectivity index (χ2v) is 10.6. The summed E-state index contributed by atoms with van der Waals surface area (Å²) < 4.78 is 7.00. The first-order valence-electron chi connectivity index (χ1n) is 11.9. The van der Waals surface area contributed by atoms with Gasteiger partial charge >= 0.3 is 0 Å². The second-order valence-electron chi connectivity index (χ2n) is 8.53. The van der Waals surface area contributed by atoms with Gasteiger partial charge < -0.3 is 9.72 Å². The van der Waals surface area contributed by atoms with E-state index in [9.17, 15) is 9.59 Å². The first-order valence-corrected chi connectivity index (χ1v) is 13.7. The van der Waals surface area contributed by atoms with Crippen LogP contribution in [0, 0.1) is 6.92 Å². The third-order valence-corrected chi connectivity index (χ3v) is 8.75. The zero-order chi connectivity index (χ0) is 25.4. The fourth-order valence-electron chi connectivity index (χ4n) is 4.57. The maximum atomic E-state index is 13.8. The van der Waals surface area contributed by atoms with E-state index in [-0.39, 0.29) is 17.1 Å². The second kappa shape index (κ2) is 9.95. The number of ether oxygens (including phenoxy) is 1. The number of ketones is 1. The van der Waals surface area contributed by atoms with E-state index in [1.807, 2.05) is 43.3 Å². The summed E-state index contributed by atoms with van der Waals surface area (Å²) in [5.41, 5.74) is 4.35. The molecule has 3 aromatic heterocycles. The quantitative estimate of drug-likeness (QED) is 0.148. The summed E-state index contributed by atoms with van der Waals surface area (Å²) in [5.74, 6) is 0.798. The van der Waals surface area contributed by atoms with E-state index in [1.54, 1.807) is 29.2 Å². The van der Waals surface area contributed by atoms with E-state index in [1.165, 1.54) is 17.3 Å². The standard InChI is InChI=1S/C28H27N3O3S2/c1-5-17-9-7-12-20-21(14-29-25(17)20)22(32)15-35-28-30-26-24(16(3)23(6-2)36-26)27(33)31(28)18-10-8-11-19(13-18)34-4/h7-14,29H,5-6,15H2,1-4H3. The molecule has 3 heterocycles. The zero-order valence-electron chi connectivity index (χ0n) is 20.7. The first-order chi connectivity index (χ1) is 17.5. The molecule has 0 atom stereocenters. The number of thiophene rings is 1. The molecule has 0 fully saturated rings. The monoisotopic (exact) mass is 517 g/mol. The van der Waals surface area contributed by atoms with Crippen molar-refractivity contribution < 1.29 is 9.53 Å². The number of benzene rings is 2. The van der Waals surface area contributed by atoms with Crippen molar-refractivity contribution in [2.75, 3.05) is 12.9 Å². The summed E-state index contributed by atoms with van der Waals surface area (Å²) >= 11 is 2.84. The summed E-state index contributed by atoms with van der Waals surface area (Å²) in [7, 11) is 1.60. The molecule has 0 aliphatic rings. The number of fused-ring (bicyclic) bond motifs is 2. The number of nitrogens with zero attached hydrogens (tertiary/aromatic N) is 2. The number of para-hydroxylation sites is 1. The van der Waals surface area contributed by atoms with Crippen molar-refractivity contribution in [3.8, 4) is 11.4 Å². The highest BCUT2D eigenvalue weighted by atomic mass is 32.2. The number of aromatic amines is 1. The Morgan fingerprint density at radius 2 is 1.97 bits per heavy atom. The van der Waals surface area contributed by atoms with Crippen LogP contribution in [-0.4, -0.2) is 33.2 Å². The Morgan fingerprint density at radius 3 is 2.72 bits per heavy atom. The van der Waals surface area contributed by atoms with Gasteiger partial charge in [0, 0.05) is 33.6 Å². The van der Waals surface area contributed by atoms with Gasteiger partial charge in [-0.15, -0.1) is 11.3 Å². The number of H-pyrrole nitrogens is 1. The lowest BCUT2D eigenvalue weighted by atomic mass is 10.1. The molecule has 0 radical (unpaired) electrons. The molecule has 0 bridgehead atoms. The van der Waals surface area contributed by atoms with E-state index in [0.29, 0.717) is 32.4 Å². The van der Waals surface area contributed by atoms with Crippen molar-refractivity contribution in [2.45, 2.75) is 38.8 Å². The van der Waals surface area contributed by atoms with Crippen LogP contribution in [0.25, 0.3) is 26.8 Å². The predicted molar refractivity (Wildman–Crippen MR) is 149 cm³/mol. The van der Waals surface area contributed by atoms with Crippen LogP contribution < -0.4 is 10.3 Å². The third-order valence-electron chi connectivity index (χ3n) is 6.48. The molecule has 0 spiro atoms. The number of methoxy groups -OCH3 is 1. The number of hydrogen-bond acceptors (Lipinski definition) is 6. The van der Waals surface area contributed by atoms with Gasteiger partial charge in [0.15, 0.2) is 10.9 Å². The highest BCUT2D eigenvalue weighted by Gasteiger charge is 2.21. The molecule has 1 N–H and O–H groups in total. The number of thioether (sulfide) groups is 1. The van der Waals surface area contributed by atoms with Gasteiger partial charge in [-0.05, 0) is 43.0 Å². The molecule has 0 saturated heterocycles. The van der Waals surface area contributed by atoms with E-state index in [0.717, 1.165) is 34.2 Å². The van der Waals surface area contributed by atoms with Crippen molar-refractivity contribution in [2.24, 2.45) is 0 Å². The van der Waals surface area contributed by atoms with Crippen LogP contribution in [-0.2, 0) is 12.8 Å². The molecule has 5 rings (SSSR count). The molecule has 8 heteroatoms. The molecule has 6 nitrogen and oxygen atoms in total. The van der Waals surface area contributed by atoms with Crippen LogP contribution in [0.15, 0.2) is 58.6 Å². The molecule has 36 heavy (non-hydrogen) atoms. The van der Waals surface area contributed by atoms with Crippen LogP contribution in [0.1, 0.15) is 40.2 Å². The van der Waals surface area contributed by atoms with Crippen molar-refractivity contribution >= 4 is 50.0 Å². The Morgan fingerprint density at radius 1 is 1.17 bits per heavy atom. The first kappa shape index (κ1) is 24.3. The minimum atomic E-state index is -0.128. The Hall–Kier alpha value is -3.36. The minimum Gasteiger partial charge on any atom is -0.497 e. The van der Waals surface area contributed by atoms with E-state index >= 15 is 0 Å². The molecule has 0 aliphatic carbocycles. The van der Waals surface area contributed by atoms with E-state index in [2.05, 4.69) is 24.9 Å². The molecule has 0 saturated carbocycles. The molecule has 184 valence electrons. The van der Waals surface area contributed by atoms with Crippen molar-refractivity contribution in [3.63, 3.8) is 0 Å². The van der Waals surface area contributed by atoms with Gasteiger partial charge in [0.25, 0.3) is 5.56 Å². The van der Waals surface area contributed by atoms with Gasteiger partial charge in [-0.1, -0.05) is 49.9 Å². The minimum absolute atomic E-state index is 0.0114. The number of rotatable bonds is 8. The molecule has 0 aliphatic heterocycles. The van der Waals surface area contributed by atoms with Crippen LogP contribution in [0.4, 0.5) is 0 Å². The smallest absolute Gasteiger partial charge is 0.267 e. The Labute approximate surface area is 217 Å². The van der Waals surface area contributed by atoms with Crippen molar-refractivity contribution in [1.82, 2.24) is 14.5 Å². The summed E-state index contributed by atoms with van der Waals surface area (Å²) in [4.78, 5) is 37.1. The number of Topliss-reactive ketones (excluding diaryl/α,β-unsaturated/α-hetero) is 1.